The largest absolute Gasteiger partial charge is 0.479 e. The Kier molecular flexibility index (Phi) is 5.52. The zero-order valence-electron chi connectivity index (χ0n) is 11.2. The van der Waals surface area contributed by atoms with Crippen molar-refractivity contribution in [3.05, 3.63) is 28.2 Å². The summed E-state index contributed by atoms with van der Waals surface area (Å²) < 4.78 is 11.0. The van der Waals surface area contributed by atoms with Crippen LogP contribution in [0.4, 0.5) is 0 Å². The van der Waals surface area contributed by atoms with E-state index >= 15 is 0 Å². The van der Waals surface area contributed by atoms with Crippen LogP contribution in [0.15, 0.2) is 18.2 Å². The summed E-state index contributed by atoms with van der Waals surface area (Å²) in [5.74, 6) is 0.204. The second kappa shape index (κ2) is 7.16. The van der Waals surface area contributed by atoms with Crippen molar-refractivity contribution in [1.29, 1.82) is 0 Å². The minimum Gasteiger partial charge on any atom is -0.479 e. The zero-order valence-corrected chi connectivity index (χ0v) is 12.7. The van der Waals surface area contributed by atoms with Crippen LogP contribution in [-0.4, -0.2) is 31.3 Å². The number of hydrogen-bond donors (Lipinski definition) is 1. The Morgan fingerprint density at radius 2 is 2.35 bits per heavy atom. The first-order valence-corrected chi connectivity index (χ1v) is 7.33. The average molecular weight is 318 g/mol. The molecule has 1 aliphatic heterocycles. The molecule has 0 bridgehead atoms. The molecular formula is C14H17Cl2NO3. The van der Waals surface area contributed by atoms with Gasteiger partial charge in [0, 0.05) is 24.2 Å². The van der Waals surface area contributed by atoms with Crippen molar-refractivity contribution in [2.45, 2.75) is 32.0 Å². The van der Waals surface area contributed by atoms with Crippen LogP contribution < -0.4 is 10.1 Å². The van der Waals surface area contributed by atoms with E-state index in [1.165, 1.54) is 0 Å². The third kappa shape index (κ3) is 4.27. The van der Waals surface area contributed by atoms with Crippen LogP contribution in [-0.2, 0) is 9.53 Å². The molecule has 1 amide bonds. The minimum absolute atomic E-state index is 0.112. The van der Waals surface area contributed by atoms with E-state index in [-0.39, 0.29) is 12.0 Å². The molecule has 1 fully saturated rings. The first kappa shape index (κ1) is 15.4. The van der Waals surface area contributed by atoms with E-state index in [9.17, 15) is 4.79 Å². The molecule has 0 saturated carbocycles. The molecule has 110 valence electrons. The minimum atomic E-state index is -0.646. The molecule has 0 spiro atoms. The van der Waals surface area contributed by atoms with Crippen LogP contribution in [0.1, 0.15) is 19.8 Å². The van der Waals surface area contributed by atoms with Gasteiger partial charge >= 0.3 is 0 Å². The highest BCUT2D eigenvalue weighted by atomic mass is 35.5. The van der Waals surface area contributed by atoms with Gasteiger partial charge in [-0.25, -0.2) is 0 Å². The summed E-state index contributed by atoms with van der Waals surface area (Å²) >= 11 is 11.9. The second-order valence-electron chi connectivity index (χ2n) is 4.72. The number of amides is 1. The van der Waals surface area contributed by atoms with Gasteiger partial charge in [0.25, 0.3) is 5.91 Å². The van der Waals surface area contributed by atoms with Gasteiger partial charge in [-0.05, 0) is 31.9 Å². The predicted molar refractivity (Wildman–Crippen MR) is 78.5 cm³/mol. The van der Waals surface area contributed by atoms with Crippen molar-refractivity contribution in [1.82, 2.24) is 5.32 Å². The van der Waals surface area contributed by atoms with Crippen LogP contribution in [0.2, 0.25) is 10.0 Å². The maximum Gasteiger partial charge on any atom is 0.260 e. The molecule has 1 heterocycles. The highest BCUT2D eigenvalue weighted by Crippen LogP contribution is 2.28. The number of carbonyl (C=O) groups is 1. The van der Waals surface area contributed by atoms with Gasteiger partial charge in [-0.3, -0.25) is 4.79 Å². The molecule has 0 unspecified atom stereocenters. The fourth-order valence-corrected chi connectivity index (χ4v) is 2.30. The molecule has 2 rings (SSSR count). The molecule has 0 aliphatic carbocycles. The first-order valence-electron chi connectivity index (χ1n) is 6.57. The number of benzene rings is 1. The molecular weight excluding hydrogens is 301 g/mol. The maximum absolute atomic E-state index is 11.9. The molecule has 2 atom stereocenters. The molecule has 1 aromatic carbocycles. The Hall–Kier alpha value is -0.970. The predicted octanol–water partition coefficient (Wildman–Crippen LogP) is 3.06. The van der Waals surface area contributed by atoms with Crippen LogP contribution in [0.3, 0.4) is 0 Å². The Morgan fingerprint density at radius 1 is 1.55 bits per heavy atom. The van der Waals surface area contributed by atoms with E-state index in [0.29, 0.717) is 22.3 Å². The number of hydrogen-bond acceptors (Lipinski definition) is 3. The van der Waals surface area contributed by atoms with Crippen LogP contribution in [0, 0.1) is 0 Å². The van der Waals surface area contributed by atoms with Gasteiger partial charge in [0.2, 0.25) is 0 Å². The first-order chi connectivity index (χ1) is 9.56. The molecule has 1 aliphatic rings. The van der Waals surface area contributed by atoms with E-state index in [0.717, 1.165) is 19.4 Å². The standard InChI is InChI=1S/C14H17Cl2NO3/c1-9(14(18)17-8-11-3-2-6-19-11)20-13-7-10(15)4-5-12(13)16/h4-5,7,9,11H,2-3,6,8H2,1H3,(H,17,18)/t9-,11-/m0/s1. The van der Waals surface area contributed by atoms with Crippen LogP contribution >= 0.6 is 23.2 Å². The molecule has 1 aromatic rings. The number of rotatable bonds is 5. The van der Waals surface area contributed by atoms with Gasteiger partial charge in [0.05, 0.1) is 11.1 Å². The Balaban J connectivity index is 1.85. The van der Waals surface area contributed by atoms with Crippen molar-refractivity contribution in [2.75, 3.05) is 13.2 Å². The summed E-state index contributed by atoms with van der Waals surface area (Å²) in [5, 5.41) is 3.75. The average Bonchev–Trinajstić information content (AvgIpc) is 2.93. The van der Waals surface area contributed by atoms with E-state index in [1.54, 1.807) is 25.1 Å². The summed E-state index contributed by atoms with van der Waals surface area (Å²) in [6, 6.07) is 4.89. The normalized spacial score (nSPS) is 19.6. The van der Waals surface area contributed by atoms with E-state index in [2.05, 4.69) is 5.32 Å². The van der Waals surface area contributed by atoms with Gasteiger partial charge < -0.3 is 14.8 Å². The second-order valence-corrected chi connectivity index (χ2v) is 5.56. The number of nitrogens with one attached hydrogen (secondary N) is 1. The lowest BCUT2D eigenvalue weighted by Crippen LogP contribution is -2.40. The zero-order chi connectivity index (χ0) is 14.5. The SMILES string of the molecule is C[C@H](Oc1cc(Cl)ccc1Cl)C(=O)NC[C@@H]1CCCO1. The van der Waals surface area contributed by atoms with Gasteiger partial charge in [-0.1, -0.05) is 23.2 Å². The van der Waals surface area contributed by atoms with Gasteiger partial charge in [0.1, 0.15) is 5.75 Å². The summed E-state index contributed by atoms with van der Waals surface area (Å²) in [5.41, 5.74) is 0. The Morgan fingerprint density at radius 3 is 3.05 bits per heavy atom. The van der Waals surface area contributed by atoms with E-state index < -0.39 is 6.10 Å². The smallest absolute Gasteiger partial charge is 0.260 e. The third-order valence-corrected chi connectivity index (χ3v) is 3.64. The summed E-state index contributed by atoms with van der Waals surface area (Å²) in [4.78, 5) is 11.9. The molecule has 1 saturated heterocycles. The lowest BCUT2D eigenvalue weighted by Gasteiger charge is -2.17. The lowest BCUT2D eigenvalue weighted by atomic mass is 10.2. The van der Waals surface area contributed by atoms with Crippen molar-refractivity contribution in [2.24, 2.45) is 0 Å². The van der Waals surface area contributed by atoms with Crippen molar-refractivity contribution in [3.8, 4) is 5.75 Å². The highest BCUT2D eigenvalue weighted by molar-refractivity contribution is 6.34. The highest BCUT2D eigenvalue weighted by Gasteiger charge is 2.20. The van der Waals surface area contributed by atoms with Crippen molar-refractivity contribution in [3.63, 3.8) is 0 Å². The monoisotopic (exact) mass is 317 g/mol. The van der Waals surface area contributed by atoms with Gasteiger partial charge in [-0.2, -0.15) is 0 Å². The Labute approximate surface area is 128 Å². The summed E-state index contributed by atoms with van der Waals surface area (Å²) in [6.07, 6.45) is 1.49. The number of halogens is 2. The fourth-order valence-electron chi connectivity index (χ4n) is 1.97. The molecule has 6 heteroatoms. The maximum atomic E-state index is 11.9. The third-order valence-electron chi connectivity index (χ3n) is 3.09. The summed E-state index contributed by atoms with van der Waals surface area (Å²) in [6.45, 7) is 2.95. The molecule has 0 aromatic heterocycles. The lowest BCUT2D eigenvalue weighted by molar-refractivity contribution is -0.127. The van der Waals surface area contributed by atoms with Crippen molar-refractivity contribution < 1.29 is 14.3 Å². The van der Waals surface area contributed by atoms with Crippen LogP contribution in [0.25, 0.3) is 0 Å². The molecule has 0 radical (unpaired) electrons. The summed E-state index contributed by atoms with van der Waals surface area (Å²) in [7, 11) is 0. The Bertz CT molecular complexity index is 475. The molecule has 1 N–H and O–H groups in total. The fraction of sp³-hybridized carbons (Fsp3) is 0.500. The topological polar surface area (TPSA) is 47.6 Å². The molecule has 20 heavy (non-hydrogen) atoms. The van der Waals surface area contributed by atoms with E-state index in [1.807, 2.05) is 0 Å². The van der Waals surface area contributed by atoms with Crippen LogP contribution in [0.5, 0.6) is 5.75 Å². The number of ether oxygens (including phenoxy) is 2. The van der Waals surface area contributed by atoms with E-state index in [4.69, 9.17) is 32.7 Å². The van der Waals surface area contributed by atoms with Crippen molar-refractivity contribution >= 4 is 29.1 Å². The molecule has 4 nitrogen and oxygen atoms in total. The van der Waals surface area contributed by atoms with Gasteiger partial charge in [-0.15, -0.1) is 0 Å². The quantitative estimate of drug-likeness (QED) is 0.908. The number of carbonyl (C=O) groups excluding carboxylic acids is 1. The van der Waals surface area contributed by atoms with Gasteiger partial charge in [0.15, 0.2) is 6.10 Å².